The van der Waals surface area contributed by atoms with Gasteiger partial charge in [-0.2, -0.15) is 0 Å². The Hall–Kier alpha value is -2.51. The fourth-order valence-corrected chi connectivity index (χ4v) is 5.42. The summed E-state index contributed by atoms with van der Waals surface area (Å²) in [7, 11) is 0. The van der Waals surface area contributed by atoms with Crippen LogP contribution in [0, 0.1) is 5.41 Å². The third kappa shape index (κ3) is 5.41. The number of nitrogens with zero attached hydrogens (tertiary/aromatic N) is 2. The van der Waals surface area contributed by atoms with E-state index in [-0.39, 0.29) is 11.7 Å². The Morgan fingerprint density at radius 2 is 1.82 bits per heavy atom. The first kappa shape index (κ1) is 24.6. The van der Waals surface area contributed by atoms with Crippen LogP contribution >= 0.6 is 12.6 Å². The van der Waals surface area contributed by atoms with Crippen LogP contribution in [-0.4, -0.2) is 41.8 Å². The number of carbonyl (C=O) groups is 1. The summed E-state index contributed by atoms with van der Waals surface area (Å²) in [5, 5.41) is 7.74. The van der Waals surface area contributed by atoms with Gasteiger partial charge in [-0.3, -0.25) is 15.1 Å². The highest BCUT2D eigenvalue weighted by Gasteiger charge is 2.35. The average molecular weight is 481 g/mol. The zero-order valence-electron chi connectivity index (χ0n) is 20.2. The van der Waals surface area contributed by atoms with Crippen molar-refractivity contribution in [2.45, 2.75) is 75.5 Å². The Balaban J connectivity index is 1.45. The van der Waals surface area contributed by atoms with Crippen molar-refractivity contribution in [3.8, 4) is 5.75 Å². The number of thiol groups is 1. The highest BCUT2D eigenvalue weighted by molar-refractivity contribution is 7.80. The van der Waals surface area contributed by atoms with Crippen molar-refractivity contribution in [3.05, 3.63) is 53.6 Å². The number of rotatable bonds is 8. The molecule has 1 amide bonds. The molecule has 182 valence electrons. The summed E-state index contributed by atoms with van der Waals surface area (Å²) >= 11 is 4.48. The number of anilines is 1. The van der Waals surface area contributed by atoms with E-state index in [4.69, 9.17) is 15.9 Å². The Morgan fingerprint density at radius 1 is 1.09 bits per heavy atom. The number of amides is 1. The first-order valence-corrected chi connectivity index (χ1v) is 12.8. The summed E-state index contributed by atoms with van der Waals surface area (Å²) in [5.41, 5.74) is 7.73. The van der Waals surface area contributed by atoms with Crippen LogP contribution in [0.2, 0.25) is 0 Å². The van der Waals surface area contributed by atoms with Gasteiger partial charge in [-0.15, -0.1) is 12.6 Å². The van der Waals surface area contributed by atoms with E-state index in [1.807, 2.05) is 35.2 Å². The molecule has 0 saturated carbocycles. The first-order valence-electron chi connectivity index (χ1n) is 12.4. The number of nitrogen functional groups attached to an aromatic ring is 1. The third-order valence-electron chi connectivity index (χ3n) is 7.14. The molecule has 3 atom stereocenters. The second kappa shape index (κ2) is 10.8. The molecule has 1 unspecified atom stereocenters. The number of unbranched alkanes of at least 4 members (excludes halogenated alkanes) is 2. The van der Waals surface area contributed by atoms with Gasteiger partial charge in [0.15, 0.2) is 0 Å². The second-order valence-electron chi connectivity index (χ2n) is 9.61. The molecule has 4 rings (SSSR count). The van der Waals surface area contributed by atoms with E-state index in [1.54, 1.807) is 12.1 Å². The van der Waals surface area contributed by atoms with Gasteiger partial charge in [-0.25, -0.2) is 0 Å². The van der Waals surface area contributed by atoms with Gasteiger partial charge >= 0.3 is 0 Å². The van der Waals surface area contributed by atoms with Crippen LogP contribution in [0.4, 0.5) is 5.69 Å². The van der Waals surface area contributed by atoms with Crippen LogP contribution in [0.15, 0.2) is 47.4 Å². The Bertz CT molecular complexity index is 1030. The summed E-state index contributed by atoms with van der Waals surface area (Å²) in [5.74, 6) is 0.552. The number of amidine groups is 1. The molecule has 0 bridgehead atoms. The first-order chi connectivity index (χ1) is 16.3. The maximum atomic E-state index is 13.6. The number of nitrogens with one attached hydrogen (secondary N) is 1. The van der Waals surface area contributed by atoms with Crippen LogP contribution < -0.4 is 15.4 Å². The molecule has 2 aliphatic heterocycles. The molecule has 2 aromatic carbocycles. The molecule has 0 radical (unpaired) electrons. The monoisotopic (exact) mass is 480 g/mol. The molecule has 34 heavy (non-hydrogen) atoms. The van der Waals surface area contributed by atoms with E-state index < -0.39 is 6.10 Å². The fourth-order valence-electron chi connectivity index (χ4n) is 5.22. The van der Waals surface area contributed by atoms with Crippen LogP contribution in [0.25, 0.3) is 0 Å². The largest absolute Gasteiger partial charge is 0.474 e. The van der Waals surface area contributed by atoms with E-state index in [0.717, 1.165) is 36.4 Å². The summed E-state index contributed by atoms with van der Waals surface area (Å²) in [4.78, 5) is 18.8. The molecular weight excluding hydrogens is 444 g/mol. The molecule has 2 aromatic rings. The minimum atomic E-state index is -0.757. The van der Waals surface area contributed by atoms with Crippen LogP contribution in [0.5, 0.6) is 5.75 Å². The number of hydrogen-bond acceptors (Lipinski definition) is 5. The van der Waals surface area contributed by atoms with E-state index in [9.17, 15) is 4.79 Å². The van der Waals surface area contributed by atoms with Gasteiger partial charge in [0.1, 0.15) is 11.6 Å². The van der Waals surface area contributed by atoms with Gasteiger partial charge in [0.05, 0.1) is 5.69 Å². The normalized spacial score (nSPS) is 22.9. The number of benzene rings is 2. The number of ether oxygens (including phenoxy) is 1. The molecule has 2 aliphatic rings. The summed E-state index contributed by atoms with van der Waals surface area (Å²) in [6.07, 6.45) is 6.30. The Morgan fingerprint density at radius 3 is 2.56 bits per heavy atom. The van der Waals surface area contributed by atoms with E-state index in [2.05, 4.69) is 31.4 Å². The van der Waals surface area contributed by atoms with Crippen LogP contribution in [-0.2, 0) is 4.79 Å². The van der Waals surface area contributed by atoms with E-state index in [0.29, 0.717) is 35.5 Å². The third-order valence-corrected chi connectivity index (χ3v) is 7.42. The van der Waals surface area contributed by atoms with Gasteiger partial charge in [0.2, 0.25) is 6.10 Å². The van der Waals surface area contributed by atoms with Gasteiger partial charge < -0.3 is 15.4 Å². The fraction of sp³-hybridized carbons (Fsp3) is 0.481. The predicted octanol–water partition coefficient (Wildman–Crippen LogP) is 5.16. The zero-order chi connectivity index (χ0) is 24.2. The highest BCUT2D eigenvalue weighted by atomic mass is 32.1. The minimum absolute atomic E-state index is 0.0283. The quantitative estimate of drug-likeness (QED) is 0.211. The van der Waals surface area contributed by atoms with Crippen LogP contribution in [0.3, 0.4) is 0 Å². The average Bonchev–Trinajstić information content (AvgIpc) is 2.81. The Labute approximate surface area is 208 Å². The number of fused-ring (bicyclic) bond motifs is 1. The maximum Gasteiger partial charge on any atom is 0.272 e. The lowest BCUT2D eigenvalue weighted by atomic mass is 9.97. The number of likely N-dealkylation sites (tertiary alicyclic amines) is 1. The molecule has 6 nitrogen and oxygen atoms in total. The molecule has 3 N–H and O–H groups in total. The van der Waals surface area contributed by atoms with Gasteiger partial charge in [0, 0.05) is 34.7 Å². The van der Waals surface area contributed by atoms with Crippen molar-refractivity contribution in [2.24, 2.45) is 5.73 Å². The standard InChI is InChI=1S/C27H36N4O2S/c1-18-8-6-9-19(2)30(18)14-4-3-5-15-31-23-17-22(34)12-13-24(23)33-25(27(31)32)20-10-7-11-21(16-20)26(28)29/h7,10-13,16-19,25,34H,3-6,8-9,14-15H2,1-2H3,(H3,28,29)/t18-,19+,25?. The summed E-state index contributed by atoms with van der Waals surface area (Å²) in [6, 6.07) is 14.2. The van der Waals surface area contributed by atoms with Crippen molar-refractivity contribution >= 4 is 30.1 Å². The van der Waals surface area contributed by atoms with E-state index >= 15 is 0 Å². The van der Waals surface area contributed by atoms with E-state index in [1.165, 1.54) is 19.3 Å². The maximum absolute atomic E-state index is 13.6. The van der Waals surface area contributed by atoms with Crippen molar-refractivity contribution in [1.82, 2.24) is 4.90 Å². The number of nitrogens with two attached hydrogens (primary N) is 1. The van der Waals surface area contributed by atoms with Gasteiger partial charge in [-0.05, 0) is 70.3 Å². The topological polar surface area (TPSA) is 82.7 Å². The minimum Gasteiger partial charge on any atom is -0.474 e. The lowest BCUT2D eigenvalue weighted by Gasteiger charge is -2.39. The SMILES string of the molecule is C[C@@H]1CCC[C@H](C)N1CCCCCN1C(=O)C(c2cccc(C(=N)N)c2)Oc2ccc(S)cc21. The smallest absolute Gasteiger partial charge is 0.272 e. The second-order valence-corrected chi connectivity index (χ2v) is 10.1. The van der Waals surface area contributed by atoms with Crippen molar-refractivity contribution in [2.75, 3.05) is 18.0 Å². The molecule has 2 heterocycles. The lowest BCUT2D eigenvalue weighted by molar-refractivity contribution is -0.126. The zero-order valence-corrected chi connectivity index (χ0v) is 21.1. The number of hydrogen-bond donors (Lipinski definition) is 3. The molecule has 1 saturated heterocycles. The predicted molar refractivity (Wildman–Crippen MR) is 140 cm³/mol. The lowest BCUT2D eigenvalue weighted by Crippen LogP contribution is -2.44. The van der Waals surface area contributed by atoms with Crippen LogP contribution in [0.1, 0.15) is 69.6 Å². The molecule has 0 spiro atoms. The van der Waals surface area contributed by atoms with Crippen molar-refractivity contribution in [1.29, 1.82) is 5.41 Å². The van der Waals surface area contributed by atoms with Crippen molar-refractivity contribution in [3.63, 3.8) is 0 Å². The molecule has 7 heteroatoms. The summed E-state index contributed by atoms with van der Waals surface area (Å²) < 4.78 is 6.14. The van der Waals surface area contributed by atoms with Gasteiger partial charge in [0.25, 0.3) is 5.91 Å². The summed E-state index contributed by atoms with van der Waals surface area (Å²) in [6.45, 7) is 6.45. The molecular formula is C27H36N4O2S. The van der Waals surface area contributed by atoms with Gasteiger partial charge in [-0.1, -0.05) is 31.0 Å². The number of piperidine rings is 1. The molecule has 0 aliphatic carbocycles. The molecule has 1 fully saturated rings. The Kier molecular flexibility index (Phi) is 7.84. The molecule has 0 aromatic heterocycles. The number of carbonyl (C=O) groups excluding carboxylic acids is 1. The highest BCUT2D eigenvalue weighted by Crippen LogP contribution is 2.40. The van der Waals surface area contributed by atoms with Crippen molar-refractivity contribution < 1.29 is 9.53 Å².